The zero-order valence-electron chi connectivity index (χ0n) is 10.4. The van der Waals surface area contributed by atoms with Gasteiger partial charge >= 0.3 is 0 Å². The molecule has 2 N–H and O–H groups in total. The van der Waals surface area contributed by atoms with Crippen LogP contribution in [0, 0.1) is 11.3 Å². The molecule has 1 atom stereocenters. The lowest BCUT2D eigenvalue weighted by Gasteiger charge is -2.30. The molecule has 0 aromatic carbocycles. The molecular weight excluding hydrogens is 188 g/mol. The highest BCUT2D eigenvalue weighted by Gasteiger charge is 2.24. The van der Waals surface area contributed by atoms with Crippen LogP contribution < -0.4 is 10.6 Å². The third-order valence-corrected chi connectivity index (χ3v) is 3.62. The first-order chi connectivity index (χ1) is 6.92. The van der Waals surface area contributed by atoms with Crippen molar-refractivity contribution in [3.05, 3.63) is 0 Å². The summed E-state index contributed by atoms with van der Waals surface area (Å²) in [5, 5.41) is 6.42. The van der Waals surface area contributed by atoms with Crippen LogP contribution >= 0.6 is 0 Å². The van der Waals surface area contributed by atoms with Crippen molar-refractivity contribution < 1.29 is 4.79 Å². The molecule has 15 heavy (non-hydrogen) atoms. The highest BCUT2D eigenvalue weighted by molar-refractivity contribution is 5.78. The van der Waals surface area contributed by atoms with E-state index in [0.29, 0.717) is 23.8 Å². The third kappa shape index (κ3) is 3.82. The second-order valence-electron chi connectivity index (χ2n) is 5.58. The van der Waals surface area contributed by atoms with Gasteiger partial charge in [-0.25, -0.2) is 0 Å². The summed E-state index contributed by atoms with van der Waals surface area (Å²) in [4.78, 5) is 11.0. The summed E-state index contributed by atoms with van der Waals surface area (Å²) in [6.07, 6.45) is 1.67. The lowest BCUT2D eigenvalue weighted by atomic mass is 9.81. The Morgan fingerprint density at radius 3 is 2.67 bits per heavy atom. The maximum Gasteiger partial charge on any atom is 0.220 e. The molecule has 3 nitrogen and oxygen atoms in total. The molecule has 1 unspecified atom stereocenters. The van der Waals surface area contributed by atoms with E-state index < -0.39 is 0 Å². The van der Waals surface area contributed by atoms with E-state index in [1.54, 1.807) is 0 Å². The van der Waals surface area contributed by atoms with Gasteiger partial charge in [0.1, 0.15) is 0 Å². The van der Waals surface area contributed by atoms with Crippen molar-refractivity contribution in [1.29, 1.82) is 0 Å². The quantitative estimate of drug-likeness (QED) is 0.726. The molecule has 1 heterocycles. The third-order valence-electron chi connectivity index (χ3n) is 3.62. The van der Waals surface area contributed by atoms with Crippen LogP contribution in [-0.4, -0.2) is 25.0 Å². The van der Waals surface area contributed by atoms with Crippen molar-refractivity contribution in [3.63, 3.8) is 0 Å². The lowest BCUT2D eigenvalue weighted by Crippen LogP contribution is -2.40. The number of nitrogens with one attached hydrogen (secondary N) is 2. The minimum absolute atomic E-state index is 0.199. The highest BCUT2D eigenvalue weighted by atomic mass is 16.1. The zero-order valence-corrected chi connectivity index (χ0v) is 10.4. The van der Waals surface area contributed by atoms with E-state index in [-0.39, 0.29) is 5.91 Å². The van der Waals surface area contributed by atoms with Gasteiger partial charge < -0.3 is 10.6 Å². The summed E-state index contributed by atoms with van der Waals surface area (Å²) in [7, 11) is 0. The van der Waals surface area contributed by atoms with Crippen LogP contribution in [0.5, 0.6) is 0 Å². The van der Waals surface area contributed by atoms with Gasteiger partial charge in [0, 0.05) is 25.6 Å². The summed E-state index contributed by atoms with van der Waals surface area (Å²) >= 11 is 0. The number of carbonyl (C=O) groups excluding carboxylic acids is 1. The van der Waals surface area contributed by atoms with E-state index in [1.807, 2.05) is 0 Å². The van der Waals surface area contributed by atoms with Gasteiger partial charge in [-0.1, -0.05) is 27.7 Å². The largest absolute Gasteiger partial charge is 0.352 e. The smallest absolute Gasteiger partial charge is 0.220 e. The molecule has 1 rings (SSSR count). The fraction of sp³-hybridized carbons (Fsp3) is 0.917. The van der Waals surface area contributed by atoms with E-state index in [9.17, 15) is 4.79 Å². The maximum absolute atomic E-state index is 11.0. The second-order valence-corrected chi connectivity index (χ2v) is 5.58. The van der Waals surface area contributed by atoms with Crippen LogP contribution in [0.4, 0.5) is 0 Å². The first kappa shape index (κ1) is 12.5. The Labute approximate surface area is 93.0 Å². The molecule has 1 fully saturated rings. The highest BCUT2D eigenvalue weighted by Crippen LogP contribution is 2.24. The predicted octanol–water partition coefficient (Wildman–Crippen LogP) is 1.54. The van der Waals surface area contributed by atoms with Crippen molar-refractivity contribution >= 4 is 5.91 Å². The number of rotatable bonds is 5. The molecule has 1 aliphatic rings. The van der Waals surface area contributed by atoms with Crippen molar-refractivity contribution in [2.75, 3.05) is 13.1 Å². The van der Waals surface area contributed by atoms with Crippen LogP contribution in [-0.2, 0) is 4.79 Å². The molecule has 0 radical (unpaired) electrons. The Bertz CT molecular complexity index is 224. The Hall–Kier alpha value is -0.570. The number of hydrogen-bond acceptors (Lipinski definition) is 2. The molecule has 0 aromatic rings. The Morgan fingerprint density at radius 2 is 2.20 bits per heavy atom. The van der Waals surface area contributed by atoms with Gasteiger partial charge in [-0.15, -0.1) is 0 Å². The van der Waals surface area contributed by atoms with E-state index in [1.165, 1.54) is 0 Å². The van der Waals surface area contributed by atoms with Crippen molar-refractivity contribution in [2.45, 2.75) is 46.6 Å². The van der Waals surface area contributed by atoms with Gasteiger partial charge in [0.2, 0.25) is 5.91 Å². The SMILES string of the molecule is CC(C)C(C)(C)CNCC1CCC(=O)N1. The van der Waals surface area contributed by atoms with Gasteiger partial charge in [0.25, 0.3) is 0 Å². The van der Waals surface area contributed by atoms with E-state index in [2.05, 4.69) is 38.3 Å². The average molecular weight is 212 g/mol. The average Bonchev–Trinajstić information content (AvgIpc) is 2.51. The molecular formula is C12H24N2O. The zero-order chi connectivity index (χ0) is 11.5. The predicted molar refractivity (Wildman–Crippen MR) is 62.7 cm³/mol. The monoisotopic (exact) mass is 212 g/mol. The fourth-order valence-electron chi connectivity index (χ4n) is 1.60. The number of amides is 1. The van der Waals surface area contributed by atoms with Gasteiger partial charge in [-0.3, -0.25) is 4.79 Å². The molecule has 3 heteroatoms. The van der Waals surface area contributed by atoms with Crippen LogP contribution in [0.15, 0.2) is 0 Å². The fourth-order valence-corrected chi connectivity index (χ4v) is 1.60. The molecule has 0 saturated carbocycles. The van der Waals surface area contributed by atoms with Crippen LogP contribution in [0.3, 0.4) is 0 Å². The van der Waals surface area contributed by atoms with Crippen LogP contribution in [0.1, 0.15) is 40.5 Å². The summed E-state index contributed by atoms with van der Waals surface area (Å²) in [5.41, 5.74) is 0.322. The number of hydrogen-bond donors (Lipinski definition) is 2. The summed E-state index contributed by atoms with van der Waals surface area (Å²) in [6, 6.07) is 0.348. The first-order valence-electron chi connectivity index (χ1n) is 5.92. The van der Waals surface area contributed by atoms with E-state index in [0.717, 1.165) is 19.5 Å². The minimum Gasteiger partial charge on any atom is -0.352 e. The van der Waals surface area contributed by atoms with Crippen molar-refractivity contribution in [1.82, 2.24) is 10.6 Å². The summed E-state index contributed by atoms with van der Waals surface area (Å²) in [5.74, 6) is 0.869. The first-order valence-corrected chi connectivity index (χ1v) is 5.92. The van der Waals surface area contributed by atoms with Crippen molar-refractivity contribution in [3.8, 4) is 0 Å². The minimum atomic E-state index is 0.199. The normalized spacial score (nSPS) is 22.2. The van der Waals surface area contributed by atoms with Gasteiger partial charge in [0.05, 0.1) is 0 Å². The van der Waals surface area contributed by atoms with Crippen molar-refractivity contribution in [2.24, 2.45) is 11.3 Å². The summed E-state index contributed by atoms with van der Waals surface area (Å²) in [6.45, 7) is 11.0. The van der Waals surface area contributed by atoms with Gasteiger partial charge in [-0.2, -0.15) is 0 Å². The Morgan fingerprint density at radius 1 is 1.53 bits per heavy atom. The van der Waals surface area contributed by atoms with Crippen LogP contribution in [0.2, 0.25) is 0 Å². The second kappa shape index (κ2) is 4.97. The molecule has 0 bridgehead atoms. The molecule has 1 aliphatic heterocycles. The molecule has 0 aliphatic carbocycles. The maximum atomic E-state index is 11.0. The standard InChI is InChI=1S/C12H24N2O/c1-9(2)12(3,4)8-13-7-10-5-6-11(15)14-10/h9-10,13H,5-8H2,1-4H3,(H,14,15). The molecule has 88 valence electrons. The number of carbonyl (C=O) groups is 1. The molecule has 1 amide bonds. The molecule has 0 spiro atoms. The molecule has 0 aromatic heterocycles. The Kier molecular flexibility index (Phi) is 4.14. The summed E-state index contributed by atoms with van der Waals surface area (Å²) < 4.78 is 0. The topological polar surface area (TPSA) is 41.1 Å². The Balaban J connectivity index is 2.19. The van der Waals surface area contributed by atoms with Gasteiger partial charge in [0.15, 0.2) is 0 Å². The molecule has 1 saturated heterocycles. The lowest BCUT2D eigenvalue weighted by molar-refractivity contribution is -0.119. The van der Waals surface area contributed by atoms with E-state index >= 15 is 0 Å². The van der Waals surface area contributed by atoms with Gasteiger partial charge in [-0.05, 0) is 17.8 Å². The van der Waals surface area contributed by atoms with Crippen LogP contribution in [0.25, 0.3) is 0 Å². The van der Waals surface area contributed by atoms with E-state index in [4.69, 9.17) is 0 Å².